The first-order valence-corrected chi connectivity index (χ1v) is 12.2. The fourth-order valence-corrected chi connectivity index (χ4v) is 4.19. The van der Waals surface area contributed by atoms with Crippen LogP contribution in [0, 0.1) is 0 Å². The van der Waals surface area contributed by atoms with Crippen LogP contribution in [0.5, 0.6) is 0 Å². The van der Waals surface area contributed by atoms with Gasteiger partial charge in [0.25, 0.3) is 0 Å². The maximum atomic E-state index is 5.95. The summed E-state index contributed by atoms with van der Waals surface area (Å²) in [6, 6.07) is 36.8. The maximum Gasteiger partial charge on any atom is 0.196 e. The van der Waals surface area contributed by atoms with Crippen LogP contribution in [0.4, 0.5) is 11.4 Å². The van der Waals surface area contributed by atoms with E-state index in [0.29, 0.717) is 0 Å². The number of hydrogen-bond donors (Lipinski definition) is 2. The average molecular weight is 514 g/mol. The summed E-state index contributed by atoms with van der Waals surface area (Å²) in [5.41, 5.74) is 15.8. The lowest BCUT2D eigenvalue weighted by molar-refractivity contribution is -0.110. The van der Waals surface area contributed by atoms with Gasteiger partial charge in [-0.25, -0.2) is 4.99 Å². The van der Waals surface area contributed by atoms with Gasteiger partial charge in [-0.2, -0.15) is 0 Å². The van der Waals surface area contributed by atoms with Crippen molar-refractivity contribution in [3.05, 3.63) is 167 Å². The number of halogens is 1. The Morgan fingerprint density at radius 1 is 0.632 bits per heavy atom. The van der Waals surface area contributed by atoms with Gasteiger partial charge in [0.1, 0.15) is 0 Å². The minimum atomic E-state index is 0. The fourth-order valence-electron chi connectivity index (χ4n) is 4.19. The molecule has 4 N–H and O–H groups in total. The Hall–Kier alpha value is -4.73. The summed E-state index contributed by atoms with van der Waals surface area (Å²) >= 11 is 0. The Kier molecular flexibility index (Phi) is 8.65. The van der Waals surface area contributed by atoms with Crippen LogP contribution in [0.25, 0.3) is 11.6 Å². The van der Waals surface area contributed by atoms with E-state index in [9.17, 15) is 0 Å². The third-order valence-electron chi connectivity index (χ3n) is 6.11. The van der Waals surface area contributed by atoms with Crippen LogP contribution in [-0.2, 0) is 0 Å². The van der Waals surface area contributed by atoms with E-state index in [0.717, 1.165) is 56.2 Å². The van der Waals surface area contributed by atoms with Crippen molar-refractivity contribution < 1.29 is 17.8 Å². The Labute approximate surface area is 230 Å². The van der Waals surface area contributed by atoms with E-state index in [2.05, 4.69) is 85.0 Å². The number of nitrogens with two attached hydrogens (primary N) is 2. The molecular weight excluding hydrogens is 486 g/mol. The molecule has 0 saturated carbocycles. The Bertz CT molecular complexity index is 1520. The molecule has 0 fully saturated rings. The van der Waals surface area contributed by atoms with Gasteiger partial charge in [0.2, 0.25) is 0 Å². The highest BCUT2D eigenvalue weighted by atomic mass is 35.5. The molecule has 0 spiro atoms. The van der Waals surface area contributed by atoms with Crippen molar-refractivity contribution in [3.63, 3.8) is 0 Å². The SMILES string of the molecule is Nc1ccc(C(=C2C=CC(=[NH2+])C=C2)c2ccc(N=C(C=Cc3ccccc3)c3ccccc3)cc2)cc1.[Cl-]. The lowest BCUT2D eigenvalue weighted by atomic mass is 9.90. The largest absolute Gasteiger partial charge is 1.00 e. The van der Waals surface area contributed by atoms with Crippen molar-refractivity contribution in [2.75, 3.05) is 5.73 Å². The fraction of sp³-hybridized carbons (Fsp3) is 0. The number of nitrogens with zero attached hydrogens (tertiary/aromatic N) is 1. The quantitative estimate of drug-likeness (QED) is 0.302. The highest BCUT2D eigenvalue weighted by Crippen LogP contribution is 2.31. The second kappa shape index (κ2) is 12.5. The minimum absolute atomic E-state index is 0. The monoisotopic (exact) mass is 513 g/mol. The van der Waals surface area contributed by atoms with Crippen molar-refractivity contribution >= 4 is 34.4 Å². The van der Waals surface area contributed by atoms with Crippen molar-refractivity contribution in [3.8, 4) is 0 Å². The lowest BCUT2D eigenvalue weighted by Gasteiger charge is -2.14. The van der Waals surface area contributed by atoms with Crippen LogP contribution in [-0.4, -0.2) is 11.4 Å². The molecule has 0 atom stereocenters. The number of rotatable bonds is 6. The summed E-state index contributed by atoms with van der Waals surface area (Å²) in [5, 5.41) is 5.95. The molecule has 38 heavy (non-hydrogen) atoms. The van der Waals surface area contributed by atoms with Crippen molar-refractivity contribution in [1.29, 1.82) is 0 Å². The Morgan fingerprint density at radius 2 is 1.18 bits per heavy atom. The number of benzene rings is 4. The average Bonchev–Trinajstić information content (AvgIpc) is 2.95. The zero-order valence-electron chi connectivity index (χ0n) is 20.8. The molecule has 4 heteroatoms. The van der Waals surface area contributed by atoms with Crippen LogP contribution in [0.1, 0.15) is 22.3 Å². The zero-order chi connectivity index (χ0) is 25.5. The molecule has 0 saturated heterocycles. The standard InChI is InChI=1S/C34H27N3.ClH/c35-30-18-12-27(13-19-30)34(28-14-20-31(36)21-15-28)29-16-22-32(23-17-29)37-33(26-9-5-2-6-10-26)24-11-25-7-3-1-4-8-25;/h1-24,35H,36H2;1H. The van der Waals surface area contributed by atoms with Crippen LogP contribution in [0.3, 0.4) is 0 Å². The molecule has 0 aromatic heterocycles. The van der Waals surface area contributed by atoms with E-state index in [-0.39, 0.29) is 12.4 Å². The molecule has 3 nitrogen and oxygen atoms in total. The highest BCUT2D eigenvalue weighted by molar-refractivity contribution is 6.12. The van der Waals surface area contributed by atoms with Crippen LogP contribution in [0.15, 0.2) is 150 Å². The summed E-state index contributed by atoms with van der Waals surface area (Å²) in [7, 11) is 0. The lowest BCUT2D eigenvalue weighted by Crippen LogP contribution is -3.00. The summed E-state index contributed by atoms with van der Waals surface area (Å²) in [6.45, 7) is 0. The van der Waals surface area contributed by atoms with Crippen molar-refractivity contribution in [2.24, 2.45) is 4.99 Å². The smallest absolute Gasteiger partial charge is 0.196 e. The predicted octanol–water partition coefficient (Wildman–Crippen LogP) is 3.24. The maximum absolute atomic E-state index is 5.95. The molecule has 0 amide bonds. The van der Waals surface area contributed by atoms with E-state index >= 15 is 0 Å². The number of anilines is 1. The number of nitrogen functional groups attached to an aromatic ring is 1. The molecular formula is C34H28ClN3. The molecule has 0 unspecified atom stereocenters. The van der Waals surface area contributed by atoms with Gasteiger partial charge in [-0.3, -0.25) is 5.41 Å². The molecule has 0 radical (unpaired) electrons. The van der Waals surface area contributed by atoms with Gasteiger partial charge in [-0.1, -0.05) is 91.0 Å². The van der Waals surface area contributed by atoms with E-state index in [1.54, 1.807) is 0 Å². The molecule has 5 rings (SSSR count). The van der Waals surface area contributed by atoms with E-state index in [1.165, 1.54) is 0 Å². The van der Waals surface area contributed by atoms with E-state index < -0.39 is 0 Å². The topological polar surface area (TPSA) is 64.0 Å². The van der Waals surface area contributed by atoms with Gasteiger partial charge in [-0.05, 0) is 70.3 Å². The molecule has 186 valence electrons. The summed E-state index contributed by atoms with van der Waals surface area (Å²) < 4.78 is 0. The second-order valence-corrected chi connectivity index (χ2v) is 8.77. The molecule has 1 aliphatic carbocycles. The molecule has 0 bridgehead atoms. The Balaban J connectivity index is 0.00000336. The third kappa shape index (κ3) is 6.52. The van der Waals surface area contributed by atoms with Gasteiger partial charge >= 0.3 is 0 Å². The zero-order valence-corrected chi connectivity index (χ0v) is 21.6. The number of aliphatic imine (C=N–C) groups is 1. The van der Waals surface area contributed by atoms with E-state index in [1.807, 2.05) is 60.7 Å². The van der Waals surface area contributed by atoms with Gasteiger partial charge in [0.15, 0.2) is 5.71 Å². The van der Waals surface area contributed by atoms with E-state index in [4.69, 9.17) is 16.1 Å². The molecule has 0 aliphatic heterocycles. The van der Waals surface area contributed by atoms with Crippen LogP contribution >= 0.6 is 0 Å². The summed E-state index contributed by atoms with van der Waals surface area (Å²) in [6.07, 6.45) is 12.1. The van der Waals surface area contributed by atoms with Crippen molar-refractivity contribution in [1.82, 2.24) is 0 Å². The Morgan fingerprint density at radius 3 is 1.79 bits per heavy atom. The van der Waals surface area contributed by atoms with Gasteiger partial charge in [0, 0.05) is 23.4 Å². The first-order chi connectivity index (χ1) is 18.2. The van der Waals surface area contributed by atoms with Gasteiger partial charge in [0.05, 0.1) is 11.4 Å². The second-order valence-electron chi connectivity index (χ2n) is 8.77. The van der Waals surface area contributed by atoms with Crippen LogP contribution < -0.4 is 23.5 Å². The molecule has 1 aliphatic rings. The number of allylic oxidation sites excluding steroid dienone is 6. The highest BCUT2D eigenvalue weighted by Gasteiger charge is 2.12. The van der Waals surface area contributed by atoms with Crippen molar-refractivity contribution in [2.45, 2.75) is 0 Å². The first-order valence-electron chi connectivity index (χ1n) is 12.2. The summed E-state index contributed by atoms with van der Waals surface area (Å²) in [4.78, 5) is 5.00. The molecule has 4 aromatic carbocycles. The first kappa shape index (κ1) is 26.3. The molecule has 0 heterocycles. The molecule has 4 aromatic rings. The number of hydrogen-bond acceptors (Lipinski definition) is 2. The van der Waals surface area contributed by atoms with Crippen LogP contribution in [0.2, 0.25) is 0 Å². The van der Waals surface area contributed by atoms with Gasteiger partial charge in [-0.15, -0.1) is 0 Å². The predicted molar refractivity (Wildman–Crippen MR) is 157 cm³/mol. The summed E-state index contributed by atoms with van der Waals surface area (Å²) in [5.74, 6) is 0. The minimum Gasteiger partial charge on any atom is -1.00 e. The third-order valence-corrected chi connectivity index (χ3v) is 6.11. The van der Waals surface area contributed by atoms with Gasteiger partial charge < -0.3 is 18.1 Å². The normalized spacial score (nSPS) is 13.0.